The number of hydrogen-bond donors (Lipinski definition) is 0. The molecule has 0 N–H and O–H groups in total. The summed E-state index contributed by atoms with van der Waals surface area (Å²) in [5, 5.41) is 2.84. The van der Waals surface area contributed by atoms with E-state index in [1.165, 1.54) is 58.5 Å². The van der Waals surface area contributed by atoms with Gasteiger partial charge >= 0.3 is 0 Å². The number of benzene rings is 2. The molecule has 0 aliphatic carbocycles. The average molecular weight is 441 g/mol. The van der Waals surface area contributed by atoms with E-state index in [9.17, 15) is 0 Å². The molecule has 0 unspecified atom stereocenters. The second-order valence-corrected chi connectivity index (χ2v) is 12.5. The molecule has 4 aromatic heterocycles. The van der Waals surface area contributed by atoms with Gasteiger partial charge in [0.05, 0.1) is 38.3 Å². The van der Waals surface area contributed by atoms with Crippen molar-refractivity contribution in [1.29, 1.82) is 0 Å². The molecule has 0 fully saturated rings. The van der Waals surface area contributed by atoms with Crippen molar-refractivity contribution in [3.05, 3.63) is 48.5 Å². The Morgan fingerprint density at radius 2 is 0.923 bits per heavy atom. The van der Waals surface area contributed by atoms with Crippen LogP contribution in [0, 0.1) is 0 Å². The van der Waals surface area contributed by atoms with Gasteiger partial charge in [-0.1, -0.05) is 36.4 Å². The van der Waals surface area contributed by atoms with Crippen molar-refractivity contribution in [2.45, 2.75) is 9.79 Å². The molecule has 0 bridgehead atoms. The minimum atomic E-state index is 1.41. The van der Waals surface area contributed by atoms with Gasteiger partial charge in [-0.3, -0.25) is 0 Å². The largest absolute Gasteiger partial charge is 0.133 e. The third-order valence-corrected chi connectivity index (χ3v) is 13.0. The van der Waals surface area contributed by atoms with E-state index >= 15 is 0 Å². The van der Waals surface area contributed by atoms with E-state index in [-0.39, 0.29) is 0 Å². The van der Waals surface area contributed by atoms with E-state index in [0.717, 1.165) is 0 Å². The Balaban J connectivity index is 1.58. The molecule has 6 heteroatoms. The number of rotatable bonds is 0. The van der Waals surface area contributed by atoms with Crippen LogP contribution in [0.4, 0.5) is 0 Å². The Hall–Kier alpha value is -1.02. The number of hydrogen-bond acceptors (Lipinski definition) is 6. The number of thiophene rings is 4. The standard InChI is InChI=1S/C20H8S6/c1-3-7-11-9(5-1)13-15(21-11)19-17(23-13)18-20(26-25-19)16-14(24-18)10-6-2-4-8-12(10)22-16/h1-8H. The topological polar surface area (TPSA) is 0 Å². The SMILES string of the molecule is c1ccc2c(c1)sc1c3c(sc12)-c1sc2c(sc4ccccc42)c1SS3. The van der Waals surface area contributed by atoms with E-state index in [1.54, 1.807) is 0 Å². The fourth-order valence-electron chi connectivity index (χ4n) is 3.58. The molecule has 0 saturated carbocycles. The molecular formula is C20H8S6. The zero-order chi connectivity index (χ0) is 16.8. The van der Waals surface area contributed by atoms with Gasteiger partial charge in [-0.15, -0.1) is 45.3 Å². The minimum absolute atomic E-state index is 1.41. The fourth-order valence-corrected chi connectivity index (χ4v) is 13.1. The monoisotopic (exact) mass is 440 g/mol. The highest BCUT2D eigenvalue weighted by atomic mass is 33.1. The van der Waals surface area contributed by atoms with Crippen molar-refractivity contribution in [2.24, 2.45) is 0 Å². The maximum atomic E-state index is 2.27. The van der Waals surface area contributed by atoms with Crippen molar-refractivity contribution in [1.82, 2.24) is 0 Å². The first-order chi connectivity index (χ1) is 12.9. The van der Waals surface area contributed by atoms with Crippen LogP contribution in [0.5, 0.6) is 0 Å². The van der Waals surface area contributed by atoms with Crippen LogP contribution in [0.25, 0.3) is 48.7 Å². The maximum Gasteiger partial charge on any atom is 0.0621 e. The van der Waals surface area contributed by atoms with Gasteiger partial charge < -0.3 is 0 Å². The van der Waals surface area contributed by atoms with Gasteiger partial charge in [0.1, 0.15) is 0 Å². The summed E-state index contributed by atoms with van der Waals surface area (Å²) in [6, 6.07) is 17.7. The van der Waals surface area contributed by atoms with Crippen LogP contribution in [-0.4, -0.2) is 0 Å². The highest BCUT2D eigenvalue weighted by molar-refractivity contribution is 8.77. The minimum Gasteiger partial charge on any atom is -0.133 e. The third kappa shape index (κ3) is 1.83. The molecule has 5 heterocycles. The van der Waals surface area contributed by atoms with Crippen molar-refractivity contribution >= 4 is 106 Å². The quantitative estimate of drug-likeness (QED) is 0.216. The van der Waals surface area contributed by atoms with Crippen LogP contribution < -0.4 is 0 Å². The predicted molar refractivity (Wildman–Crippen MR) is 125 cm³/mol. The molecular weight excluding hydrogens is 433 g/mol. The first-order valence-electron chi connectivity index (χ1n) is 8.11. The molecule has 0 nitrogen and oxygen atoms in total. The summed E-state index contributed by atoms with van der Waals surface area (Å²) < 4.78 is 8.72. The molecule has 1 aliphatic rings. The summed E-state index contributed by atoms with van der Waals surface area (Å²) in [5.74, 6) is 0. The molecule has 0 radical (unpaired) electrons. The van der Waals surface area contributed by atoms with Crippen LogP contribution in [-0.2, 0) is 0 Å². The Bertz CT molecular complexity index is 1370. The Morgan fingerprint density at radius 1 is 0.462 bits per heavy atom. The Kier molecular flexibility index (Phi) is 3.04. The van der Waals surface area contributed by atoms with E-state index in [2.05, 4.69) is 48.5 Å². The molecule has 0 spiro atoms. The summed E-state index contributed by atoms with van der Waals surface area (Å²) in [7, 11) is 3.93. The van der Waals surface area contributed by atoms with Gasteiger partial charge in [-0.25, -0.2) is 0 Å². The van der Waals surface area contributed by atoms with Crippen LogP contribution in [0.3, 0.4) is 0 Å². The molecule has 0 saturated heterocycles. The smallest absolute Gasteiger partial charge is 0.0621 e. The maximum absolute atomic E-state index is 2.27. The predicted octanol–water partition coefficient (Wildman–Crippen LogP) is 9.33. The van der Waals surface area contributed by atoms with Gasteiger partial charge in [0.25, 0.3) is 0 Å². The Labute approximate surface area is 172 Å². The van der Waals surface area contributed by atoms with E-state index in [0.29, 0.717) is 0 Å². The molecule has 6 aromatic rings. The molecule has 124 valence electrons. The summed E-state index contributed by atoms with van der Waals surface area (Å²) in [6.45, 7) is 0. The molecule has 0 atom stereocenters. The highest BCUT2D eigenvalue weighted by Gasteiger charge is 2.29. The summed E-state index contributed by atoms with van der Waals surface area (Å²) >= 11 is 7.89. The summed E-state index contributed by atoms with van der Waals surface area (Å²) in [5.41, 5.74) is 0. The lowest BCUT2D eigenvalue weighted by molar-refractivity contribution is 1.62. The molecule has 2 aromatic carbocycles. The highest BCUT2D eigenvalue weighted by Crippen LogP contribution is 2.64. The molecule has 26 heavy (non-hydrogen) atoms. The second kappa shape index (κ2) is 5.28. The van der Waals surface area contributed by atoms with Crippen molar-refractivity contribution in [3.63, 3.8) is 0 Å². The van der Waals surface area contributed by atoms with Crippen LogP contribution in [0.15, 0.2) is 58.3 Å². The third-order valence-electron chi connectivity index (χ3n) is 4.75. The van der Waals surface area contributed by atoms with Crippen molar-refractivity contribution in [2.75, 3.05) is 0 Å². The molecule has 0 amide bonds. The first-order valence-corrected chi connectivity index (χ1v) is 13.5. The lowest BCUT2D eigenvalue weighted by atomic mass is 10.2. The lowest BCUT2D eigenvalue weighted by Crippen LogP contribution is -1.77. The van der Waals surface area contributed by atoms with E-state index in [1.807, 2.05) is 66.9 Å². The van der Waals surface area contributed by atoms with Crippen molar-refractivity contribution in [3.8, 4) is 9.75 Å². The van der Waals surface area contributed by atoms with Gasteiger partial charge in [-0.05, 0) is 33.7 Å². The van der Waals surface area contributed by atoms with Gasteiger partial charge in [-0.2, -0.15) is 0 Å². The van der Waals surface area contributed by atoms with Crippen LogP contribution >= 0.6 is 66.9 Å². The lowest BCUT2D eigenvalue weighted by Gasteiger charge is -2.10. The normalized spacial score (nSPS) is 13.8. The van der Waals surface area contributed by atoms with Gasteiger partial charge in [0.2, 0.25) is 0 Å². The van der Waals surface area contributed by atoms with Crippen LogP contribution in [0.2, 0.25) is 0 Å². The second-order valence-electron chi connectivity index (χ2n) is 6.20. The zero-order valence-corrected chi connectivity index (χ0v) is 18.0. The fraction of sp³-hybridized carbons (Fsp3) is 0. The summed E-state index contributed by atoms with van der Waals surface area (Å²) in [6.07, 6.45) is 0. The first kappa shape index (κ1) is 15.0. The van der Waals surface area contributed by atoms with Gasteiger partial charge in [0.15, 0.2) is 0 Å². The average Bonchev–Trinajstić information content (AvgIpc) is 3.38. The van der Waals surface area contributed by atoms with Gasteiger partial charge in [0, 0.05) is 20.2 Å². The molecule has 7 rings (SSSR count). The zero-order valence-electron chi connectivity index (χ0n) is 13.1. The number of fused-ring (bicyclic) bond motifs is 11. The van der Waals surface area contributed by atoms with E-state index in [4.69, 9.17) is 0 Å². The van der Waals surface area contributed by atoms with E-state index < -0.39 is 0 Å². The van der Waals surface area contributed by atoms with Crippen LogP contribution in [0.1, 0.15) is 0 Å². The molecule has 1 aliphatic heterocycles. The van der Waals surface area contributed by atoms with Crippen molar-refractivity contribution < 1.29 is 0 Å². The Morgan fingerprint density at radius 3 is 1.42 bits per heavy atom. The summed E-state index contributed by atoms with van der Waals surface area (Å²) in [4.78, 5) is 5.96.